The Labute approximate surface area is 150 Å². The second-order valence-electron chi connectivity index (χ2n) is 6.79. The minimum atomic E-state index is -0.532. The van der Waals surface area contributed by atoms with Crippen molar-refractivity contribution in [3.8, 4) is 5.75 Å². The fourth-order valence-corrected chi connectivity index (χ4v) is 3.21. The Bertz CT molecular complexity index is 542. The molecule has 25 heavy (non-hydrogen) atoms. The predicted octanol–water partition coefficient (Wildman–Crippen LogP) is 1.37. The second kappa shape index (κ2) is 9.75. The van der Waals surface area contributed by atoms with Crippen LogP contribution < -0.4 is 4.74 Å². The van der Waals surface area contributed by atoms with Crippen LogP contribution in [0.15, 0.2) is 24.3 Å². The third-order valence-corrected chi connectivity index (χ3v) is 4.61. The van der Waals surface area contributed by atoms with Gasteiger partial charge in [0.2, 0.25) is 5.91 Å². The van der Waals surface area contributed by atoms with Crippen molar-refractivity contribution in [1.29, 1.82) is 0 Å². The van der Waals surface area contributed by atoms with Crippen LogP contribution in [-0.4, -0.2) is 74.4 Å². The fourth-order valence-electron chi connectivity index (χ4n) is 3.21. The van der Waals surface area contributed by atoms with Crippen molar-refractivity contribution < 1.29 is 19.4 Å². The summed E-state index contributed by atoms with van der Waals surface area (Å²) in [6.45, 7) is 2.96. The molecule has 1 N–H and O–H groups in total. The number of aliphatic hydroxyl groups excluding tert-OH is 1. The van der Waals surface area contributed by atoms with Gasteiger partial charge in [0.25, 0.3) is 0 Å². The number of hydrogen-bond donors (Lipinski definition) is 1. The molecule has 1 heterocycles. The van der Waals surface area contributed by atoms with Crippen LogP contribution >= 0.6 is 0 Å². The smallest absolute Gasteiger partial charge is 0.225 e. The van der Waals surface area contributed by atoms with Gasteiger partial charge in [0.05, 0.1) is 26.4 Å². The molecule has 2 rings (SSSR count). The lowest BCUT2D eigenvalue weighted by molar-refractivity contribution is -0.134. The molecule has 1 aliphatic heterocycles. The summed E-state index contributed by atoms with van der Waals surface area (Å²) in [7, 11) is 5.24. The Morgan fingerprint density at radius 1 is 1.32 bits per heavy atom. The first-order valence-corrected chi connectivity index (χ1v) is 8.82. The molecule has 1 aromatic carbocycles. The zero-order valence-corrected chi connectivity index (χ0v) is 15.5. The van der Waals surface area contributed by atoms with E-state index in [-0.39, 0.29) is 18.4 Å². The van der Waals surface area contributed by atoms with Crippen LogP contribution in [0.25, 0.3) is 0 Å². The van der Waals surface area contributed by atoms with Gasteiger partial charge in [-0.3, -0.25) is 4.79 Å². The van der Waals surface area contributed by atoms with E-state index in [1.807, 2.05) is 24.3 Å². The molecule has 1 saturated heterocycles. The number of hydrogen-bond acceptors (Lipinski definition) is 5. The molecule has 0 aromatic heterocycles. The molecule has 1 fully saturated rings. The van der Waals surface area contributed by atoms with Crippen LogP contribution in [0.4, 0.5) is 0 Å². The summed E-state index contributed by atoms with van der Waals surface area (Å²) in [5, 5.41) is 10.2. The molecule has 140 valence electrons. The molecule has 0 radical (unpaired) electrons. The van der Waals surface area contributed by atoms with Gasteiger partial charge in [-0.1, -0.05) is 18.2 Å². The van der Waals surface area contributed by atoms with Crippen molar-refractivity contribution in [2.24, 2.45) is 5.92 Å². The van der Waals surface area contributed by atoms with Gasteiger partial charge in [-0.2, -0.15) is 0 Å². The van der Waals surface area contributed by atoms with Crippen LogP contribution in [-0.2, 0) is 16.1 Å². The van der Waals surface area contributed by atoms with Crippen molar-refractivity contribution in [3.63, 3.8) is 0 Å². The minimum absolute atomic E-state index is 0.116. The van der Waals surface area contributed by atoms with E-state index in [1.54, 1.807) is 26.1 Å². The molecule has 0 bridgehead atoms. The zero-order valence-electron chi connectivity index (χ0n) is 15.5. The van der Waals surface area contributed by atoms with Crippen LogP contribution in [0.3, 0.4) is 0 Å². The molecule has 1 unspecified atom stereocenters. The number of β-amino-alcohol motifs (C(OH)–C–C–N with tert-alkyl or cyclic N) is 1. The van der Waals surface area contributed by atoms with Crippen molar-refractivity contribution >= 4 is 5.91 Å². The minimum Gasteiger partial charge on any atom is -0.496 e. The zero-order chi connectivity index (χ0) is 18.2. The number of carbonyl (C=O) groups excluding carboxylic acids is 1. The summed E-state index contributed by atoms with van der Waals surface area (Å²) in [5.41, 5.74) is 0.972. The third kappa shape index (κ3) is 5.99. The number of ether oxygens (including phenoxy) is 2. The van der Waals surface area contributed by atoms with Crippen LogP contribution in [0.1, 0.15) is 18.4 Å². The molecule has 1 aliphatic rings. The maximum absolute atomic E-state index is 12.0. The Morgan fingerprint density at radius 3 is 2.64 bits per heavy atom. The summed E-state index contributed by atoms with van der Waals surface area (Å²) in [4.78, 5) is 15.9. The van der Waals surface area contributed by atoms with Gasteiger partial charge in [-0.15, -0.1) is 0 Å². The molecule has 1 atom stereocenters. The van der Waals surface area contributed by atoms with Crippen molar-refractivity contribution in [3.05, 3.63) is 29.8 Å². The summed E-state index contributed by atoms with van der Waals surface area (Å²) >= 11 is 0. The summed E-state index contributed by atoms with van der Waals surface area (Å²) in [6.07, 6.45) is 1.17. The van der Waals surface area contributed by atoms with Gasteiger partial charge < -0.3 is 24.4 Å². The van der Waals surface area contributed by atoms with Gasteiger partial charge in [-0.25, -0.2) is 0 Å². The number of carbonyl (C=O) groups is 1. The number of nitrogens with zero attached hydrogens (tertiary/aromatic N) is 2. The standard InChI is InChI=1S/C19H30N2O4/c1-20(2)19(23)15-8-10-21(11-9-15)12-17(22)14-25-13-16-6-4-5-7-18(16)24-3/h4-7,15,17,22H,8-14H2,1-3H3. The van der Waals surface area contributed by atoms with Crippen LogP contribution in [0.5, 0.6) is 5.75 Å². The first-order valence-electron chi connectivity index (χ1n) is 8.82. The average molecular weight is 350 g/mol. The number of aliphatic hydroxyl groups is 1. The highest BCUT2D eigenvalue weighted by Crippen LogP contribution is 2.20. The number of benzene rings is 1. The van der Waals surface area contributed by atoms with Crippen molar-refractivity contribution in [2.75, 3.05) is 47.4 Å². The summed E-state index contributed by atoms with van der Waals surface area (Å²) in [5.74, 6) is 1.12. The largest absolute Gasteiger partial charge is 0.496 e. The monoisotopic (exact) mass is 350 g/mol. The third-order valence-electron chi connectivity index (χ3n) is 4.61. The number of rotatable bonds is 8. The highest BCUT2D eigenvalue weighted by atomic mass is 16.5. The summed E-state index contributed by atoms with van der Waals surface area (Å²) in [6, 6.07) is 7.71. The van der Waals surface area contributed by atoms with E-state index in [0.717, 1.165) is 37.2 Å². The topological polar surface area (TPSA) is 62.2 Å². The lowest BCUT2D eigenvalue weighted by atomic mass is 9.95. The molecular weight excluding hydrogens is 320 g/mol. The maximum Gasteiger partial charge on any atom is 0.225 e. The van der Waals surface area contributed by atoms with E-state index in [2.05, 4.69) is 4.90 Å². The highest BCUT2D eigenvalue weighted by molar-refractivity contribution is 5.78. The average Bonchev–Trinajstić information content (AvgIpc) is 2.62. The Hall–Kier alpha value is -1.63. The number of likely N-dealkylation sites (tertiary alicyclic amines) is 1. The number of methoxy groups -OCH3 is 1. The van der Waals surface area contributed by atoms with Gasteiger partial charge in [0.15, 0.2) is 0 Å². The SMILES string of the molecule is COc1ccccc1COCC(O)CN1CCC(C(=O)N(C)C)CC1. The normalized spacial score (nSPS) is 17.3. The lowest BCUT2D eigenvalue weighted by Gasteiger charge is -2.33. The van der Waals surface area contributed by atoms with E-state index >= 15 is 0 Å². The van der Waals surface area contributed by atoms with E-state index < -0.39 is 6.10 Å². The number of piperidine rings is 1. The van der Waals surface area contributed by atoms with Crippen LogP contribution in [0, 0.1) is 5.92 Å². The van der Waals surface area contributed by atoms with Gasteiger partial charge in [0, 0.05) is 32.1 Å². The Balaban J connectivity index is 1.67. The van der Waals surface area contributed by atoms with E-state index in [9.17, 15) is 9.90 Å². The quantitative estimate of drug-likeness (QED) is 0.767. The maximum atomic E-state index is 12.0. The lowest BCUT2D eigenvalue weighted by Crippen LogP contribution is -2.43. The summed E-state index contributed by atoms with van der Waals surface area (Å²) < 4.78 is 10.9. The molecule has 6 nitrogen and oxygen atoms in total. The molecule has 1 aromatic rings. The number of amides is 1. The van der Waals surface area contributed by atoms with Gasteiger partial charge >= 0.3 is 0 Å². The molecule has 0 aliphatic carbocycles. The highest BCUT2D eigenvalue weighted by Gasteiger charge is 2.26. The molecule has 1 amide bonds. The predicted molar refractivity (Wildman–Crippen MR) is 96.5 cm³/mol. The first-order chi connectivity index (χ1) is 12.0. The van der Waals surface area contributed by atoms with Gasteiger partial charge in [-0.05, 0) is 32.0 Å². The fraction of sp³-hybridized carbons (Fsp3) is 0.632. The Kier molecular flexibility index (Phi) is 7.68. The number of para-hydroxylation sites is 1. The Morgan fingerprint density at radius 2 is 2.00 bits per heavy atom. The molecule has 6 heteroatoms. The van der Waals surface area contributed by atoms with E-state index in [1.165, 1.54) is 0 Å². The molecule has 0 saturated carbocycles. The van der Waals surface area contributed by atoms with Crippen LogP contribution in [0.2, 0.25) is 0 Å². The van der Waals surface area contributed by atoms with E-state index in [0.29, 0.717) is 13.2 Å². The van der Waals surface area contributed by atoms with E-state index in [4.69, 9.17) is 9.47 Å². The molecular formula is C19H30N2O4. The van der Waals surface area contributed by atoms with Gasteiger partial charge in [0.1, 0.15) is 5.75 Å². The molecule has 0 spiro atoms. The van der Waals surface area contributed by atoms with Crippen molar-refractivity contribution in [1.82, 2.24) is 9.80 Å². The van der Waals surface area contributed by atoms with Crippen molar-refractivity contribution in [2.45, 2.75) is 25.6 Å². The first kappa shape index (κ1) is 19.7. The second-order valence-corrected chi connectivity index (χ2v) is 6.79.